The first kappa shape index (κ1) is 10.5. The highest BCUT2D eigenvalue weighted by atomic mass is 16.5. The van der Waals surface area contributed by atoms with Gasteiger partial charge in [-0.3, -0.25) is 0 Å². The SMILES string of the molecule is COc1ccc(C[NH2+]CC(=O)[O-])cc1. The largest absolute Gasteiger partial charge is 0.544 e. The molecule has 0 radical (unpaired) electrons. The topological polar surface area (TPSA) is 66.0 Å². The van der Waals surface area contributed by atoms with Crippen LogP contribution in [0.15, 0.2) is 24.3 Å². The number of hydrogen-bond donors (Lipinski definition) is 1. The Kier molecular flexibility index (Phi) is 3.94. The molecular weight excluding hydrogens is 182 g/mol. The Hall–Kier alpha value is -1.55. The van der Waals surface area contributed by atoms with Crippen molar-refractivity contribution < 1.29 is 20.0 Å². The Balaban J connectivity index is 2.40. The minimum atomic E-state index is -1.04. The van der Waals surface area contributed by atoms with E-state index in [1.54, 1.807) is 12.4 Å². The van der Waals surface area contributed by atoms with Crippen LogP contribution in [0.1, 0.15) is 5.56 Å². The van der Waals surface area contributed by atoms with Gasteiger partial charge >= 0.3 is 0 Å². The van der Waals surface area contributed by atoms with Crippen molar-refractivity contribution in [1.82, 2.24) is 0 Å². The zero-order valence-electron chi connectivity index (χ0n) is 8.03. The van der Waals surface area contributed by atoms with Crippen LogP contribution in [-0.4, -0.2) is 19.6 Å². The van der Waals surface area contributed by atoms with E-state index in [9.17, 15) is 9.90 Å². The third-order valence-corrected chi connectivity index (χ3v) is 1.85. The Morgan fingerprint density at radius 1 is 1.43 bits per heavy atom. The first-order chi connectivity index (χ1) is 6.72. The van der Waals surface area contributed by atoms with Crippen LogP contribution in [0.2, 0.25) is 0 Å². The van der Waals surface area contributed by atoms with Gasteiger partial charge in [0, 0.05) is 5.56 Å². The van der Waals surface area contributed by atoms with E-state index in [2.05, 4.69) is 0 Å². The molecule has 0 atom stereocenters. The first-order valence-corrected chi connectivity index (χ1v) is 4.37. The van der Waals surface area contributed by atoms with Crippen LogP contribution in [0.4, 0.5) is 0 Å². The van der Waals surface area contributed by atoms with Crippen molar-refractivity contribution in [2.24, 2.45) is 0 Å². The predicted molar refractivity (Wildman–Crippen MR) is 48.5 cm³/mol. The van der Waals surface area contributed by atoms with E-state index < -0.39 is 5.97 Å². The summed E-state index contributed by atoms with van der Waals surface area (Å²) in [7, 11) is 1.61. The molecule has 0 heterocycles. The summed E-state index contributed by atoms with van der Waals surface area (Å²) in [5.41, 5.74) is 1.06. The number of nitrogens with two attached hydrogens (primary N) is 1. The van der Waals surface area contributed by atoms with Crippen molar-refractivity contribution in [3.8, 4) is 5.75 Å². The number of hydrogen-bond acceptors (Lipinski definition) is 3. The van der Waals surface area contributed by atoms with Gasteiger partial charge in [0.25, 0.3) is 0 Å². The Morgan fingerprint density at radius 3 is 2.57 bits per heavy atom. The normalized spacial score (nSPS) is 9.79. The van der Waals surface area contributed by atoms with Crippen molar-refractivity contribution >= 4 is 5.97 Å². The lowest BCUT2D eigenvalue weighted by Crippen LogP contribution is -2.85. The monoisotopic (exact) mass is 195 g/mol. The quantitative estimate of drug-likeness (QED) is 0.622. The van der Waals surface area contributed by atoms with Gasteiger partial charge in [0.1, 0.15) is 18.8 Å². The van der Waals surface area contributed by atoms with E-state index in [4.69, 9.17) is 4.74 Å². The second-order valence-corrected chi connectivity index (χ2v) is 2.92. The highest BCUT2D eigenvalue weighted by Gasteiger charge is 1.96. The number of quaternary nitrogens is 1. The number of ether oxygens (including phenoxy) is 1. The average molecular weight is 195 g/mol. The molecule has 0 bridgehead atoms. The van der Waals surface area contributed by atoms with Crippen LogP contribution in [0, 0.1) is 0 Å². The van der Waals surface area contributed by atoms with E-state index in [1.807, 2.05) is 24.3 Å². The van der Waals surface area contributed by atoms with Crippen LogP contribution in [0.3, 0.4) is 0 Å². The van der Waals surface area contributed by atoms with E-state index in [1.165, 1.54) is 0 Å². The molecule has 1 aromatic carbocycles. The molecule has 2 N–H and O–H groups in total. The van der Waals surface area contributed by atoms with Crippen molar-refractivity contribution in [3.63, 3.8) is 0 Å². The molecule has 76 valence electrons. The van der Waals surface area contributed by atoms with Crippen molar-refractivity contribution in [2.75, 3.05) is 13.7 Å². The van der Waals surface area contributed by atoms with Gasteiger partial charge in [-0.05, 0) is 24.3 Å². The second-order valence-electron chi connectivity index (χ2n) is 2.92. The van der Waals surface area contributed by atoms with Crippen LogP contribution in [-0.2, 0) is 11.3 Å². The van der Waals surface area contributed by atoms with Crippen LogP contribution in [0.5, 0.6) is 5.75 Å². The molecule has 0 aliphatic rings. The first-order valence-electron chi connectivity index (χ1n) is 4.37. The number of carbonyl (C=O) groups is 1. The van der Waals surface area contributed by atoms with Gasteiger partial charge < -0.3 is 20.0 Å². The number of aliphatic carboxylic acids is 1. The average Bonchev–Trinajstić information content (AvgIpc) is 2.18. The molecule has 0 unspecified atom stereocenters. The molecule has 1 rings (SSSR count). The van der Waals surface area contributed by atoms with Gasteiger partial charge in [-0.25, -0.2) is 0 Å². The van der Waals surface area contributed by atoms with Gasteiger partial charge in [-0.2, -0.15) is 0 Å². The highest BCUT2D eigenvalue weighted by molar-refractivity contribution is 5.64. The number of benzene rings is 1. The molecule has 0 fully saturated rings. The van der Waals surface area contributed by atoms with Gasteiger partial charge in [0.05, 0.1) is 13.1 Å². The number of carboxylic acids is 1. The highest BCUT2D eigenvalue weighted by Crippen LogP contribution is 2.09. The molecule has 0 aromatic heterocycles. The van der Waals surface area contributed by atoms with Crippen LogP contribution >= 0.6 is 0 Å². The summed E-state index contributed by atoms with van der Waals surface area (Å²) in [6, 6.07) is 7.51. The fourth-order valence-corrected chi connectivity index (χ4v) is 1.12. The van der Waals surface area contributed by atoms with E-state index >= 15 is 0 Å². The molecule has 1 aromatic rings. The van der Waals surface area contributed by atoms with Crippen molar-refractivity contribution in [2.45, 2.75) is 6.54 Å². The molecule has 0 aliphatic carbocycles. The van der Waals surface area contributed by atoms with Gasteiger partial charge in [0.2, 0.25) is 0 Å². The molecular formula is C10H13NO3. The summed E-state index contributed by atoms with van der Waals surface area (Å²) >= 11 is 0. The van der Waals surface area contributed by atoms with Gasteiger partial charge in [-0.15, -0.1) is 0 Å². The van der Waals surface area contributed by atoms with Crippen molar-refractivity contribution in [3.05, 3.63) is 29.8 Å². The summed E-state index contributed by atoms with van der Waals surface area (Å²) in [5, 5.41) is 11.8. The Bertz CT molecular complexity index is 295. The minimum Gasteiger partial charge on any atom is -0.544 e. The Morgan fingerprint density at radius 2 is 2.07 bits per heavy atom. The molecule has 0 spiro atoms. The lowest BCUT2D eigenvalue weighted by atomic mass is 10.2. The van der Waals surface area contributed by atoms with Gasteiger partial charge in [-0.1, -0.05) is 0 Å². The number of methoxy groups -OCH3 is 1. The maximum Gasteiger partial charge on any atom is 0.118 e. The predicted octanol–water partition coefficient (Wildman–Crippen LogP) is -1.49. The number of carbonyl (C=O) groups excluding carboxylic acids is 1. The lowest BCUT2D eigenvalue weighted by molar-refractivity contribution is -0.665. The molecule has 0 aliphatic heterocycles. The van der Waals surface area contributed by atoms with E-state index in [0.29, 0.717) is 6.54 Å². The minimum absolute atomic E-state index is 0.00791. The molecule has 4 heteroatoms. The van der Waals surface area contributed by atoms with E-state index in [0.717, 1.165) is 11.3 Å². The Labute approximate surface area is 82.5 Å². The third-order valence-electron chi connectivity index (χ3n) is 1.85. The fourth-order valence-electron chi connectivity index (χ4n) is 1.12. The second kappa shape index (κ2) is 5.24. The number of carboxylic acid groups (broad SMARTS) is 1. The standard InChI is InChI=1S/C10H13NO3/c1-14-9-4-2-8(3-5-9)6-11-7-10(12)13/h2-5,11H,6-7H2,1H3,(H,12,13). The van der Waals surface area contributed by atoms with E-state index in [-0.39, 0.29) is 6.54 Å². The third kappa shape index (κ3) is 3.45. The smallest absolute Gasteiger partial charge is 0.118 e. The van der Waals surface area contributed by atoms with Crippen LogP contribution < -0.4 is 15.2 Å². The summed E-state index contributed by atoms with van der Waals surface area (Å²) in [6.07, 6.45) is 0. The maximum atomic E-state index is 10.1. The summed E-state index contributed by atoms with van der Waals surface area (Å²) in [4.78, 5) is 10.1. The molecule has 0 saturated heterocycles. The van der Waals surface area contributed by atoms with Crippen molar-refractivity contribution in [1.29, 1.82) is 0 Å². The molecule has 14 heavy (non-hydrogen) atoms. The summed E-state index contributed by atoms with van der Waals surface area (Å²) in [6.45, 7) is 0.629. The lowest BCUT2D eigenvalue weighted by Gasteiger charge is -2.03. The molecule has 0 saturated carbocycles. The van der Waals surface area contributed by atoms with Gasteiger partial charge in [0.15, 0.2) is 0 Å². The van der Waals surface area contributed by atoms with Crippen LogP contribution in [0.25, 0.3) is 0 Å². The molecule has 4 nitrogen and oxygen atoms in total. The zero-order chi connectivity index (χ0) is 10.4. The molecule has 0 amide bonds. The summed E-state index contributed by atoms with van der Waals surface area (Å²) < 4.78 is 5.00. The zero-order valence-corrected chi connectivity index (χ0v) is 8.03. The summed E-state index contributed by atoms with van der Waals surface area (Å²) in [5.74, 6) is -0.243. The number of rotatable bonds is 5. The maximum absolute atomic E-state index is 10.1. The fraction of sp³-hybridized carbons (Fsp3) is 0.300.